The van der Waals surface area contributed by atoms with Crippen LogP contribution in [0.15, 0.2) is 78.9 Å². The molecule has 0 aliphatic carbocycles. The molecule has 0 fully saturated rings. The van der Waals surface area contributed by atoms with E-state index in [0.29, 0.717) is 37.1 Å². The molecule has 0 saturated carbocycles. The van der Waals surface area contributed by atoms with Crippen LogP contribution in [0.3, 0.4) is 0 Å². The van der Waals surface area contributed by atoms with Crippen molar-refractivity contribution in [3.8, 4) is 11.1 Å². The first kappa shape index (κ1) is 27.7. The lowest BCUT2D eigenvalue weighted by atomic mass is 10.0. The molecule has 39 heavy (non-hydrogen) atoms. The Morgan fingerprint density at radius 3 is 2.21 bits per heavy atom. The molecule has 202 valence electrons. The maximum Gasteiger partial charge on any atom is 0.320 e. The van der Waals surface area contributed by atoms with E-state index in [1.54, 1.807) is 12.1 Å². The van der Waals surface area contributed by atoms with Gasteiger partial charge in [-0.3, -0.25) is 24.1 Å². The first-order chi connectivity index (χ1) is 18.8. The van der Waals surface area contributed by atoms with Crippen LogP contribution in [0.1, 0.15) is 52.5 Å². The molecule has 0 bridgehead atoms. The first-order valence-corrected chi connectivity index (χ1v) is 13.2. The number of carbonyl (C=O) groups is 4. The van der Waals surface area contributed by atoms with Gasteiger partial charge in [0.25, 0.3) is 11.8 Å². The van der Waals surface area contributed by atoms with Crippen LogP contribution >= 0.6 is 0 Å². The second kappa shape index (κ2) is 13.0. The Morgan fingerprint density at radius 2 is 1.51 bits per heavy atom. The average molecular weight is 528 g/mol. The van der Waals surface area contributed by atoms with E-state index in [9.17, 15) is 24.3 Å². The van der Waals surface area contributed by atoms with Crippen molar-refractivity contribution in [2.75, 3.05) is 13.1 Å². The number of hydrogen-bond donors (Lipinski definition) is 3. The Kier molecular flexibility index (Phi) is 9.22. The molecular formula is C31H33N3O5. The fourth-order valence-corrected chi connectivity index (χ4v) is 4.67. The monoisotopic (exact) mass is 527 g/mol. The largest absolute Gasteiger partial charge is 0.480 e. The Hall–Kier alpha value is -4.30. The van der Waals surface area contributed by atoms with Gasteiger partial charge < -0.3 is 15.7 Å². The van der Waals surface area contributed by atoms with Crippen molar-refractivity contribution in [1.29, 1.82) is 0 Å². The topological polar surface area (TPSA) is 116 Å². The Morgan fingerprint density at radius 1 is 0.846 bits per heavy atom. The number of amides is 3. The molecule has 4 rings (SSSR count). The standard InChI is InChI=1S/C31H33N3O5/c1-21(18-28(35)33-20-22-8-4-2-5-9-22)14-16-32-27(31(38)39)15-17-34-29(36)25-13-12-24(19-26(25)30(34)37)23-10-6-3-7-11-23/h2-13,19,21,27,32H,14-18,20H2,1H3,(H,33,35)(H,38,39)/t21-,27+/m0/s1. The summed E-state index contributed by atoms with van der Waals surface area (Å²) < 4.78 is 0. The van der Waals surface area contributed by atoms with Gasteiger partial charge in [-0.05, 0) is 54.1 Å². The lowest BCUT2D eigenvalue weighted by Gasteiger charge is -2.19. The van der Waals surface area contributed by atoms with Gasteiger partial charge in [-0.25, -0.2) is 0 Å². The Labute approximate surface area is 228 Å². The molecule has 8 nitrogen and oxygen atoms in total. The van der Waals surface area contributed by atoms with Crippen LogP contribution in [-0.2, 0) is 16.1 Å². The highest BCUT2D eigenvalue weighted by Gasteiger charge is 2.36. The molecule has 3 aromatic rings. The maximum absolute atomic E-state index is 13.0. The number of nitrogens with zero attached hydrogens (tertiary/aromatic N) is 1. The number of carbonyl (C=O) groups excluding carboxylic acids is 3. The van der Waals surface area contributed by atoms with E-state index in [4.69, 9.17) is 0 Å². The molecular weight excluding hydrogens is 494 g/mol. The zero-order valence-corrected chi connectivity index (χ0v) is 21.9. The number of hydrogen-bond acceptors (Lipinski definition) is 5. The number of aliphatic carboxylic acids is 1. The van der Waals surface area contributed by atoms with Crippen molar-refractivity contribution in [1.82, 2.24) is 15.5 Å². The van der Waals surface area contributed by atoms with E-state index < -0.39 is 23.8 Å². The lowest BCUT2D eigenvalue weighted by molar-refractivity contribution is -0.139. The van der Waals surface area contributed by atoms with Gasteiger partial charge in [0.1, 0.15) is 6.04 Å². The number of imide groups is 1. The van der Waals surface area contributed by atoms with Gasteiger partial charge in [-0.1, -0.05) is 73.7 Å². The van der Waals surface area contributed by atoms with Gasteiger partial charge in [0.15, 0.2) is 0 Å². The molecule has 0 aromatic heterocycles. The summed E-state index contributed by atoms with van der Waals surface area (Å²) in [5.74, 6) is -1.87. The van der Waals surface area contributed by atoms with Gasteiger partial charge in [0.2, 0.25) is 5.91 Å². The summed E-state index contributed by atoms with van der Waals surface area (Å²) in [7, 11) is 0. The van der Waals surface area contributed by atoms with E-state index >= 15 is 0 Å². The molecule has 8 heteroatoms. The van der Waals surface area contributed by atoms with E-state index in [2.05, 4.69) is 10.6 Å². The van der Waals surface area contributed by atoms with Crippen molar-refractivity contribution in [3.05, 3.63) is 95.6 Å². The van der Waals surface area contributed by atoms with Crippen LogP contribution in [0.5, 0.6) is 0 Å². The minimum Gasteiger partial charge on any atom is -0.480 e. The number of fused-ring (bicyclic) bond motifs is 1. The third kappa shape index (κ3) is 7.18. The second-order valence-electron chi connectivity index (χ2n) is 9.88. The van der Waals surface area contributed by atoms with Crippen LogP contribution in [0, 0.1) is 5.92 Å². The number of carboxylic acid groups (broad SMARTS) is 1. The van der Waals surface area contributed by atoms with E-state index in [0.717, 1.165) is 21.6 Å². The van der Waals surface area contributed by atoms with Crippen LogP contribution < -0.4 is 10.6 Å². The molecule has 1 aliphatic heterocycles. The smallest absolute Gasteiger partial charge is 0.320 e. The third-order valence-electron chi connectivity index (χ3n) is 6.91. The summed E-state index contributed by atoms with van der Waals surface area (Å²) in [6.45, 7) is 2.81. The van der Waals surface area contributed by atoms with Crippen molar-refractivity contribution in [2.45, 2.75) is 38.8 Å². The van der Waals surface area contributed by atoms with Gasteiger partial charge >= 0.3 is 5.97 Å². The Bertz CT molecular complexity index is 1330. The number of benzene rings is 3. The van der Waals surface area contributed by atoms with Gasteiger partial charge in [-0.2, -0.15) is 0 Å². The molecule has 1 aliphatic rings. The third-order valence-corrected chi connectivity index (χ3v) is 6.91. The van der Waals surface area contributed by atoms with Gasteiger partial charge in [0, 0.05) is 19.5 Å². The maximum atomic E-state index is 13.0. The van der Waals surface area contributed by atoms with Crippen molar-refractivity contribution >= 4 is 23.7 Å². The highest BCUT2D eigenvalue weighted by atomic mass is 16.4. The summed E-state index contributed by atoms with van der Waals surface area (Å²) in [4.78, 5) is 51.1. The van der Waals surface area contributed by atoms with E-state index in [1.807, 2.05) is 73.7 Å². The SMILES string of the molecule is C[C@@H](CCN[C@H](CCN1C(=O)c2ccc(-c3ccccc3)cc2C1=O)C(=O)O)CC(=O)NCc1ccccc1. The molecule has 2 atom stereocenters. The minimum absolute atomic E-state index is 0.00553. The second-order valence-corrected chi connectivity index (χ2v) is 9.88. The quantitative estimate of drug-likeness (QED) is 0.288. The number of rotatable bonds is 13. The van der Waals surface area contributed by atoms with E-state index in [1.165, 1.54) is 0 Å². The van der Waals surface area contributed by atoms with Crippen LogP contribution in [0.4, 0.5) is 0 Å². The van der Waals surface area contributed by atoms with Crippen LogP contribution in [0.2, 0.25) is 0 Å². The molecule has 0 saturated heterocycles. The molecule has 0 unspecified atom stereocenters. The van der Waals surface area contributed by atoms with Crippen molar-refractivity contribution < 1.29 is 24.3 Å². The predicted octanol–water partition coefficient (Wildman–Crippen LogP) is 4.12. The fraction of sp³-hybridized carbons (Fsp3) is 0.290. The summed E-state index contributed by atoms with van der Waals surface area (Å²) >= 11 is 0. The zero-order valence-electron chi connectivity index (χ0n) is 21.9. The summed E-state index contributed by atoms with van der Waals surface area (Å²) in [5, 5.41) is 15.6. The van der Waals surface area contributed by atoms with Crippen molar-refractivity contribution in [3.63, 3.8) is 0 Å². The van der Waals surface area contributed by atoms with Gasteiger partial charge in [-0.15, -0.1) is 0 Å². The fourth-order valence-electron chi connectivity index (χ4n) is 4.67. The molecule has 3 amide bonds. The molecule has 3 N–H and O–H groups in total. The summed E-state index contributed by atoms with van der Waals surface area (Å²) in [5.41, 5.74) is 3.47. The van der Waals surface area contributed by atoms with Gasteiger partial charge in [0.05, 0.1) is 11.1 Å². The highest BCUT2D eigenvalue weighted by molar-refractivity contribution is 6.21. The zero-order chi connectivity index (χ0) is 27.8. The molecule has 1 heterocycles. The normalized spacial score (nSPS) is 14.1. The molecule has 0 spiro atoms. The minimum atomic E-state index is -1.05. The number of nitrogens with one attached hydrogen (secondary N) is 2. The predicted molar refractivity (Wildman–Crippen MR) is 148 cm³/mol. The Balaban J connectivity index is 1.25. The summed E-state index contributed by atoms with van der Waals surface area (Å²) in [6.07, 6.45) is 1.03. The molecule has 3 aromatic carbocycles. The highest BCUT2D eigenvalue weighted by Crippen LogP contribution is 2.28. The van der Waals surface area contributed by atoms with Crippen molar-refractivity contribution in [2.24, 2.45) is 5.92 Å². The number of carboxylic acids is 1. The summed E-state index contributed by atoms with van der Waals surface area (Å²) in [6, 6.07) is 23.5. The van der Waals surface area contributed by atoms with Crippen LogP contribution in [-0.4, -0.2) is 52.8 Å². The van der Waals surface area contributed by atoms with E-state index in [-0.39, 0.29) is 24.8 Å². The lowest BCUT2D eigenvalue weighted by Crippen LogP contribution is -2.42. The first-order valence-electron chi connectivity index (χ1n) is 13.2. The van der Waals surface area contributed by atoms with Crippen LogP contribution in [0.25, 0.3) is 11.1 Å². The average Bonchev–Trinajstić information content (AvgIpc) is 3.18. The molecule has 0 radical (unpaired) electrons.